The van der Waals surface area contributed by atoms with Gasteiger partial charge in [-0.25, -0.2) is 13.2 Å². The van der Waals surface area contributed by atoms with E-state index < -0.39 is 16.0 Å². The van der Waals surface area contributed by atoms with Crippen molar-refractivity contribution in [3.63, 3.8) is 0 Å². The number of esters is 1. The van der Waals surface area contributed by atoms with Crippen LogP contribution in [0, 0.1) is 9.49 Å². The van der Waals surface area contributed by atoms with Crippen molar-refractivity contribution in [2.75, 3.05) is 31.2 Å². The summed E-state index contributed by atoms with van der Waals surface area (Å²) >= 11 is 2.23. The molecule has 35 heavy (non-hydrogen) atoms. The van der Waals surface area contributed by atoms with Gasteiger partial charge in [-0.1, -0.05) is 12.2 Å². The van der Waals surface area contributed by atoms with Crippen LogP contribution >= 0.6 is 22.6 Å². The second-order valence-corrected chi connectivity index (χ2v) is 12.1. The maximum absolute atomic E-state index is 14.0. The zero-order valence-electron chi connectivity index (χ0n) is 20.0. The van der Waals surface area contributed by atoms with Gasteiger partial charge in [-0.15, -0.1) is 0 Å². The Morgan fingerprint density at radius 2 is 1.91 bits per heavy atom. The van der Waals surface area contributed by atoms with Crippen LogP contribution in [-0.4, -0.2) is 47.4 Å². The third kappa shape index (κ3) is 5.51. The van der Waals surface area contributed by atoms with Gasteiger partial charge in [0.25, 0.3) is 10.0 Å². The third-order valence-electron chi connectivity index (χ3n) is 6.55. The zero-order valence-corrected chi connectivity index (χ0v) is 22.9. The molecule has 7 nitrogen and oxygen atoms in total. The summed E-state index contributed by atoms with van der Waals surface area (Å²) in [4.78, 5) is 12.6. The second kappa shape index (κ2) is 10.9. The average Bonchev–Trinajstić information content (AvgIpc) is 2.86. The molecule has 2 aliphatic heterocycles. The summed E-state index contributed by atoms with van der Waals surface area (Å²) in [6, 6.07) is 9.78. The molecule has 0 unspecified atom stereocenters. The van der Waals surface area contributed by atoms with Crippen molar-refractivity contribution in [3.8, 4) is 5.75 Å². The van der Waals surface area contributed by atoms with E-state index in [1.54, 1.807) is 6.07 Å². The molecular formula is C26H30INO6S. The summed E-state index contributed by atoms with van der Waals surface area (Å²) in [7, 11) is -2.74. The van der Waals surface area contributed by atoms with Gasteiger partial charge in [0.1, 0.15) is 11.3 Å². The molecule has 0 aromatic heterocycles. The smallest absolute Gasteiger partial charge is 0.341 e. The van der Waals surface area contributed by atoms with Gasteiger partial charge in [-0.05, 0) is 103 Å². The van der Waals surface area contributed by atoms with Gasteiger partial charge < -0.3 is 14.2 Å². The lowest BCUT2D eigenvalue weighted by molar-refractivity contribution is 0.0483. The van der Waals surface area contributed by atoms with Crippen LogP contribution in [0.3, 0.4) is 0 Å². The standard InChI is InChI=1S/C26H30INO6S/c1-17(2)23-7-4-19-14-20(27)5-8-24(19)28(23)35(30,31)21-6-9-25(22(15-21)26(29)32-3)34-16-18-10-12-33-13-11-18/h5-6,8-9,14-15,18,23H,1,4,7,10-13,16H2,2-3H3/t23-/m1/s1. The lowest BCUT2D eigenvalue weighted by Gasteiger charge is -2.38. The summed E-state index contributed by atoms with van der Waals surface area (Å²) < 4.78 is 46.8. The molecule has 2 heterocycles. The number of nitrogens with zero attached hydrogens (tertiary/aromatic N) is 1. The molecule has 4 rings (SSSR count). The number of sulfonamides is 1. The Hall–Kier alpha value is -2.11. The largest absolute Gasteiger partial charge is 0.492 e. The number of anilines is 1. The highest BCUT2D eigenvalue weighted by Crippen LogP contribution is 2.39. The Bertz CT molecular complexity index is 1220. The molecule has 0 amide bonds. The van der Waals surface area contributed by atoms with E-state index in [-0.39, 0.29) is 16.5 Å². The van der Waals surface area contributed by atoms with E-state index in [0.717, 1.165) is 34.0 Å². The van der Waals surface area contributed by atoms with Gasteiger partial charge in [0.2, 0.25) is 0 Å². The van der Waals surface area contributed by atoms with Crippen LogP contribution in [0.1, 0.15) is 42.1 Å². The molecule has 9 heteroatoms. The van der Waals surface area contributed by atoms with E-state index in [1.165, 1.54) is 23.5 Å². The summed E-state index contributed by atoms with van der Waals surface area (Å²) in [5.41, 5.74) is 2.47. The van der Waals surface area contributed by atoms with Crippen molar-refractivity contribution < 1.29 is 27.4 Å². The molecule has 2 aromatic rings. The van der Waals surface area contributed by atoms with Gasteiger partial charge in [-0.3, -0.25) is 4.31 Å². The van der Waals surface area contributed by atoms with Gasteiger partial charge in [0, 0.05) is 16.8 Å². The van der Waals surface area contributed by atoms with E-state index in [9.17, 15) is 13.2 Å². The predicted molar refractivity (Wildman–Crippen MR) is 143 cm³/mol. The molecule has 0 bridgehead atoms. The molecule has 1 atom stereocenters. The topological polar surface area (TPSA) is 82.1 Å². The first-order chi connectivity index (χ1) is 16.7. The van der Waals surface area contributed by atoms with E-state index in [2.05, 4.69) is 29.2 Å². The number of halogens is 1. The monoisotopic (exact) mass is 611 g/mol. The second-order valence-electron chi connectivity index (χ2n) is 8.99. The van der Waals surface area contributed by atoms with Crippen LogP contribution in [0.5, 0.6) is 5.75 Å². The molecule has 0 aliphatic carbocycles. The van der Waals surface area contributed by atoms with Crippen molar-refractivity contribution in [1.82, 2.24) is 0 Å². The zero-order chi connectivity index (χ0) is 25.2. The van der Waals surface area contributed by atoms with Crippen LogP contribution in [-0.2, 0) is 25.9 Å². The molecule has 0 spiro atoms. The summed E-state index contributed by atoms with van der Waals surface area (Å²) in [6.45, 7) is 7.71. The number of benzene rings is 2. The number of ether oxygens (including phenoxy) is 3. The SMILES string of the molecule is C=C(C)[C@H]1CCc2cc(I)ccc2N1S(=O)(=O)c1ccc(OCC2CCOCC2)c(C(=O)OC)c1. The van der Waals surface area contributed by atoms with Crippen molar-refractivity contribution in [2.24, 2.45) is 5.92 Å². The molecule has 0 N–H and O–H groups in total. The van der Waals surface area contributed by atoms with Crippen molar-refractivity contribution in [3.05, 3.63) is 63.2 Å². The molecule has 2 aliphatic rings. The quantitative estimate of drug-likeness (QED) is 0.250. The molecule has 0 saturated carbocycles. The lowest BCUT2D eigenvalue weighted by atomic mass is 9.95. The Morgan fingerprint density at radius 1 is 1.17 bits per heavy atom. The third-order valence-corrected chi connectivity index (χ3v) is 9.04. The van der Waals surface area contributed by atoms with Gasteiger partial charge >= 0.3 is 5.97 Å². The highest BCUT2D eigenvalue weighted by Gasteiger charge is 2.37. The van der Waals surface area contributed by atoms with Crippen LogP contribution in [0.2, 0.25) is 0 Å². The molecule has 188 valence electrons. The fourth-order valence-electron chi connectivity index (χ4n) is 4.59. The Balaban J connectivity index is 1.72. The fraction of sp³-hybridized carbons (Fsp3) is 0.423. The summed E-state index contributed by atoms with van der Waals surface area (Å²) in [5, 5.41) is 0. The molecule has 1 fully saturated rings. The molecule has 2 aromatic carbocycles. The van der Waals surface area contributed by atoms with Crippen LogP contribution in [0.15, 0.2) is 53.4 Å². The van der Waals surface area contributed by atoms with Crippen molar-refractivity contribution in [1.29, 1.82) is 0 Å². The average molecular weight is 611 g/mol. The van der Waals surface area contributed by atoms with Crippen LogP contribution in [0.25, 0.3) is 0 Å². The molecule has 1 saturated heterocycles. The van der Waals surface area contributed by atoms with E-state index in [0.29, 0.717) is 43.6 Å². The Morgan fingerprint density at radius 3 is 2.60 bits per heavy atom. The summed E-state index contributed by atoms with van der Waals surface area (Å²) in [5.74, 6) is -0.0111. The first-order valence-electron chi connectivity index (χ1n) is 11.6. The maximum Gasteiger partial charge on any atom is 0.341 e. The maximum atomic E-state index is 14.0. The highest BCUT2D eigenvalue weighted by atomic mass is 127. The summed E-state index contributed by atoms with van der Waals surface area (Å²) in [6.07, 6.45) is 3.17. The van der Waals surface area contributed by atoms with Crippen molar-refractivity contribution in [2.45, 2.75) is 43.5 Å². The number of rotatable bonds is 7. The molecule has 0 radical (unpaired) electrons. The normalized spacial score (nSPS) is 18.6. The Labute approximate surface area is 220 Å². The minimum absolute atomic E-state index is 0.00830. The number of methoxy groups -OCH3 is 1. The predicted octanol–water partition coefficient (Wildman–Crippen LogP) is 4.97. The Kier molecular flexibility index (Phi) is 8.07. The minimum Gasteiger partial charge on any atom is -0.492 e. The van der Waals surface area contributed by atoms with Gasteiger partial charge in [0.05, 0.1) is 30.3 Å². The van der Waals surface area contributed by atoms with Gasteiger partial charge in [0.15, 0.2) is 0 Å². The number of carbonyl (C=O) groups is 1. The van der Waals surface area contributed by atoms with E-state index in [1.807, 2.05) is 25.1 Å². The number of hydrogen-bond donors (Lipinski definition) is 0. The lowest BCUT2D eigenvalue weighted by Crippen LogP contribution is -2.44. The van der Waals surface area contributed by atoms with E-state index in [4.69, 9.17) is 14.2 Å². The number of carbonyl (C=O) groups excluding carboxylic acids is 1. The number of fused-ring (bicyclic) bond motifs is 1. The van der Waals surface area contributed by atoms with Gasteiger partial charge in [-0.2, -0.15) is 0 Å². The molecular weight excluding hydrogens is 581 g/mol. The first-order valence-corrected chi connectivity index (χ1v) is 14.2. The van der Waals surface area contributed by atoms with Crippen LogP contribution in [0.4, 0.5) is 5.69 Å². The number of hydrogen-bond acceptors (Lipinski definition) is 6. The van der Waals surface area contributed by atoms with Crippen molar-refractivity contribution >= 4 is 44.3 Å². The first kappa shape index (κ1) is 26.0. The van der Waals surface area contributed by atoms with Crippen LogP contribution < -0.4 is 9.04 Å². The number of aryl methyl sites for hydroxylation is 1. The highest BCUT2D eigenvalue weighted by molar-refractivity contribution is 14.1. The van der Waals surface area contributed by atoms with E-state index >= 15 is 0 Å². The minimum atomic E-state index is -4.01. The fourth-order valence-corrected chi connectivity index (χ4v) is 6.94.